The molecule has 0 radical (unpaired) electrons. The molecular formula is C16H25N3OS. The summed E-state index contributed by atoms with van der Waals surface area (Å²) in [5, 5.41) is 0. The largest absolute Gasteiger partial charge is 0.328 e. The summed E-state index contributed by atoms with van der Waals surface area (Å²) >= 11 is 0. The molecular weight excluding hydrogens is 282 g/mol. The van der Waals surface area contributed by atoms with E-state index in [-0.39, 0.29) is 0 Å². The van der Waals surface area contributed by atoms with Crippen LogP contribution in [0.25, 0.3) is 11.0 Å². The first-order valence-electron chi connectivity index (χ1n) is 7.73. The van der Waals surface area contributed by atoms with Crippen molar-refractivity contribution >= 4 is 21.8 Å². The predicted molar refractivity (Wildman–Crippen MR) is 89.0 cm³/mol. The zero-order valence-corrected chi connectivity index (χ0v) is 14.1. The van der Waals surface area contributed by atoms with Crippen molar-refractivity contribution in [1.29, 1.82) is 0 Å². The minimum atomic E-state index is -0.667. The smallest absolute Gasteiger partial charge is 0.109 e. The van der Waals surface area contributed by atoms with Crippen LogP contribution in [-0.2, 0) is 23.8 Å². The molecule has 0 spiro atoms. The molecule has 21 heavy (non-hydrogen) atoms. The van der Waals surface area contributed by atoms with Crippen molar-refractivity contribution in [2.24, 2.45) is 0 Å². The molecule has 2 heterocycles. The summed E-state index contributed by atoms with van der Waals surface area (Å²) in [6, 6.07) is 0. The van der Waals surface area contributed by atoms with E-state index in [2.05, 4.69) is 23.4 Å². The monoisotopic (exact) mass is 307 g/mol. The van der Waals surface area contributed by atoms with E-state index in [1.54, 1.807) is 6.26 Å². The quantitative estimate of drug-likeness (QED) is 0.703. The van der Waals surface area contributed by atoms with Gasteiger partial charge in [-0.3, -0.25) is 9.19 Å². The molecule has 0 aromatic carbocycles. The fourth-order valence-electron chi connectivity index (χ4n) is 2.71. The van der Waals surface area contributed by atoms with Crippen LogP contribution in [0.3, 0.4) is 0 Å². The van der Waals surface area contributed by atoms with Gasteiger partial charge in [-0.15, -0.1) is 0 Å². The van der Waals surface area contributed by atoms with Crippen molar-refractivity contribution in [3.63, 3.8) is 0 Å². The van der Waals surface area contributed by atoms with Gasteiger partial charge in [-0.25, -0.2) is 4.98 Å². The molecule has 1 atom stereocenters. The lowest BCUT2D eigenvalue weighted by atomic mass is 10.2. The van der Waals surface area contributed by atoms with Crippen LogP contribution in [0.15, 0.2) is 12.4 Å². The van der Waals surface area contributed by atoms with Crippen LogP contribution in [0.4, 0.5) is 0 Å². The third kappa shape index (κ3) is 4.13. The highest BCUT2D eigenvalue weighted by molar-refractivity contribution is 7.84. The Morgan fingerprint density at radius 3 is 2.76 bits per heavy atom. The Labute approximate surface area is 129 Å². The molecule has 1 unspecified atom stereocenters. The van der Waals surface area contributed by atoms with Gasteiger partial charge in [-0.1, -0.05) is 13.3 Å². The lowest BCUT2D eigenvalue weighted by Crippen LogP contribution is -2.05. The first kappa shape index (κ1) is 16.1. The molecule has 4 nitrogen and oxygen atoms in total. The van der Waals surface area contributed by atoms with E-state index in [1.165, 1.54) is 16.9 Å². The Morgan fingerprint density at radius 1 is 1.24 bits per heavy atom. The summed E-state index contributed by atoms with van der Waals surface area (Å²) in [6.45, 7) is 5.28. The van der Waals surface area contributed by atoms with E-state index in [1.807, 2.05) is 12.4 Å². The van der Waals surface area contributed by atoms with Crippen LogP contribution in [0.2, 0.25) is 0 Å². The maximum absolute atomic E-state index is 11.1. The lowest BCUT2D eigenvalue weighted by molar-refractivity contribution is 0.587. The molecule has 0 aliphatic carbocycles. The van der Waals surface area contributed by atoms with Crippen LogP contribution in [0.1, 0.15) is 44.0 Å². The molecule has 0 fully saturated rings. The second kappa shape index (κ2) is 7.69. The summed E-state index contributed by atoms with van der Waals surface area (Å²) in [6.07, 6.45) is 10.9. The average molecular weight is 307 g/mol. The van der Waals surface area contributed by atoms with E-state index in [4.69, 9.17) is 4.98 Å². The maximum atomic E-state index is 11.1. The van der Waals surface area contributed by atoms with Gasteiger partial charge in [0.05, 0.1) is 11.7 Å². The van der Waals surface area contributed by atoms with Crippen molar-refractivity contribution in [2.75, 3.05) is 12.0 Å². The van der Waals surface area contributed by atoms with E-state index < -0.39 is 10.8 Å². The Bertz CT molecular complexity index is 621. The number of fused-ring (bicyclic) bond motifs is 1. The first-order chi connectivity index (χ1) is 10.1. The van der Waals surface area contributed by atoms with Gasteiger partial charge in [-0.05, 0) is 31.7 Å². The summed E-state index contributed by atoms with van der Waals surface area (Å²) in [5.74, 6) is 1.98. The molecule has 2 aromatic heterocycles. The highest BCUT2D eigenvalue weighted by Crippen LogP contribution is 2.20. The molecule has 0 aliphatic rings. The van der Waals surface area contributed by atoms with E-state index in [0.717, 1.165) is 49.9 Å². The molecule has 2 rings (SSSR count). The number of hydrogen-bond donors (Lipinski definition) is 0. The van der Waals surface area contributed by atoms with Crippen molar-refractivity contribution in [2.45, 2.75) is 52.5 Å². The average Bonchev–Trinajstić information content (AvgIpc) is 2.78. The number of aromatic nitrogens is 3. The Balaban J connectivity index is 2.12. The number of nitrogens with zero attached hydrogens (tertiary/aromatic N) is 3. The van der Waals surface area contributed by atoms with Gasteiger partial charge < -0.3 is 4.57 Å². The molecule has 116 valence electrons. The van der Waals surface area contributed by atoms with Crippen LogP contribution in [0.5, 0.6) is 0 Å². The van der Waals surface area contributed by atoms with Gasteiger partial charge in [0.15, 0.2) is 0 Å². The van der Waals surface area contributed by atoms with Crippen LogP contribution in [-0.4, -0.2) is 30.8 Å². The highest BCUT2D eigenvalue weighted by atomic mass is 32.2. The number of hydrogen-bond acceptors (Lipinski definition) is 3. The third-order valence-corrected chi connectivity index (χ3v) is 4.56. The van der Waals surface area contributed by atoms with Crippen molar-refractivity contribution < 1.29 is 4.21 Å². The number of imidazole rings is 1. The van der Waals surface area contributed by atoms with E-state index in [0.29, 0.717) is 0 Å². The minimum absolute atomic E-state index is 0.667. The first-order valence-corrected chi connectivity index (χ1v) is 9.46. The van der Waals surface area contributed by atoms with Gasteiger partial charge in [0, 0.05) is 42.0 Å². The highest BCUT2D eigenvalue weighted by Gasteiger charge is 2.12. The minimum Gasteiger partial charge on any atom is -0.328 e. The van der Waals surface area contributed by atoms with Gasteiger partial charge in [0.25, 0.3) is 0 Å². The second-order valence-electron chi connectivity index (χ2n) is 5.59. The van der Waals surface area contributed by atoms with Crippen molar-refractivity contribution in [3.05, 3.63) is 23.8 Å². The Kier molecular flexibility index (Phi) is 5.91. The SMILES string of the molecule is CCCc1nc2cncc(C)c2n1CCCCCS(C)=O. The van der Waals surface area contributed by atoms with Gasteiger partial charge in [-0.2, -0.15) is 0 Å². The van der Waals surface area contributed by atoms with Gasteiger partial charge in [0.1, 0.15) is 11.3 Å². The number of rotatable bonds is 8. The molecule has 0 N–H and O–H groups in total. The lowest BCUT2D eigenvalue weighted by Gasteiger charge is -2.10. The molecule has 0 aliphatic heterocycles. The fourth-order valence-corrected chi connectivity index (χ4v) is 3.32. The number of unbranched alkanes of at least 4 members (excludes halogenated alkanes) is 2. The second-order valence-corrected chi connectivity index (χ2v) is 7.15. The number of pyridine rings is 1. The molecule has 0 saturated heterocycles. The normalized spacial score (nSPS) is 12.9. The molecule has 0 amide bonds. The third-order valence-electron chi connectivity index (χ3n) is 3.70. The van der Waals surface area contributed by atoms with Crippen LogP contribution in [0, 0.1) is 6.92 Å². The number of aryl methyl sites for hydroxylation is 3. The van der Waals surface area contributed by atoms with E-state index in [9.17, 15) is 4.21 Å². The topological polar surface area (TPSA) is 47.8 Å². The predicted octanol–water partition coefficient (Wildman–Crippen LogP) is 3.24. The Hall–Kier alpha value is -1.23. The zero-order chi connectivity index (χ0) is 15.2. The van der Waals surface area contributed by atoms with Crippen molar-refractivity contribution in [1.82, 2.24) is 14.5 Å². The maximum Gasteiger partial charge on any atom is 0.109 e. The zero-order valence-electron chi connectivity index (χ0n) is 13.3. The van der Waals surface area contributed by atoms with Gasteiger partial charge >= 0.3 is 0 Å². The van der Waals surface area contributed by atoms with Crippen LogP contribution < -0.4 is 0 Å². The molecule has 5 heteroatoms. The molecule has 2 aromatic rings. The Morgan fingerprint density at radius 2 is 2.05 bits per heavy atom. The summed E-state index contributed by atoms with van der Waals surface area (Å²) in [4.78, 5) is 8.99. The molecule has 0 bridgehead atoms. The standard InChI is InChI=1S/C16H25N3OS/c1-4-8-15-18-14-12-17-11-13(2)16(14)19(15)9-6-5-7-10-21(3)20/h11-12H,4-10H2,1-3H3. The summed E-state index contributed by atoms with van der Waals surface area (Å²) < 4.78 is 13.4. The summed E-state index contributed by atoms with van der Waals surface area (Å²) in [5.41, 5.74) is 3.43. The van der Waals surface area contributed by atoms with E-state index >= 15 is 0 Å². The summed E-state index contributed by atoms with van der Waals surface area (Å²) in [7, 11) is -0.667. The van der Waals surface area contributed by atoms with Crippen LogP contribution >= 0.6 is 0 Å². The molecule has 0 saturated carbocycles. The van der Waals surface area contributed by atoms with Gasteiger partial charge in [0.2, 0.25) is 0 Å². The fraction of sp³-hybridized carbons (Fsp3) is 0.625. The van der Waals surface area contributed by atoms with Crippen molar-refractivity contribution in [3.8, 4) is 0 Å².